The van der Waals surface area contributed by atoms with Gasteiger partial charge in [0.1, 0.15) is 0 Å². The number of carbonyl (C=O) groups is 1. The molecule has 66 valence electrons. The van der Waals surface area contributed by atoms with Crippen molar-refractivity contribution in [3.63, 3.8) is 0 Å². The number of hydrogen-bond donors (Lipinski definition) is 0. The minimum Gasteiger partial charge on any atom is -0.282 e. The number of benzene rings is 1. The Morgan fingerprint density at radius 1 is 1.08 bits per heavy atom. The van der Waals surface area contributed by atoms with E-state index in [0.29, 0.717) is 0 Å². The van der Waals surface area contributed by atoms with Gasteiger partial charge in [0, 0.05) is 6.92 Å². The molecule has 2 heteroatoms. The minimum atomic E-state index is -0.361. The van der Waals surface area contributed by atoms with Gasteiger partial charge in [-0.05, 0) is 25.4 Å². The van der Waals surface area contributed by atoms with Crippen molar-refractivity contribution in [2.24, 2.45) is 0 Å². The van der Waals surface area contributed by atoms with Crippen LogP contribution in [0.5, 0.6) is 0 Å². The summed E-state index contributed by atoms with van der Waals surface area (Å²) in [6.45, 7) is 5.49. The van der Waals surface area contributed by atoms with Gasteiger partial charge in [0.05, 0.1) is 0 Å². The lowest BCUT2D eigenvalue weighted by molar-refractivity contribution is -0.109. The molecule has 0 aliphatic rings. The van der Waals surface area contributed by atoms with E-state index < -0.39 is 0 Å². The third-order valence-corrected chi connectivity index (χ3v) is 1.22. The highest BCUT2D eigenvalue weighted by Crippen LogP contribution is 1.99. The van der Waals surface area contributed by atoms with E-state index in [1.54, 1.807) is 0 Å². The standard InChI is InChI=1S/C8H10.C2H3ClO/c1-7-3-5-8(2)6-4-7;1-2(3)4/h3-6H,1-2H3;1H3. The topological polar surface area (TPSA) is 17.1 Å². The van der Waals surface area contributed by atoms with E-state index in [1.165, 1.54) is 18.1 Å². The molecule has 0 radical (unpaired) electrons. The highest BCUT2D eigenvalue weighted by atomic mass is 35.5. The molecule has 0 aliphatic heterocycles. The van der Waals surface area contributed by atoms with Crippen LogP contribution in [-0.4, -0.2) is 5.24 Å². The molecule has 1 aromatic carbocycles. The quantitative estimate of drug-likeness (QED) is 0.567. The zero-order chi connectivity index (χ0) is 9.56. The van der Waals surface area contributed by atoms with Crippen LogP contribution in [0.1, 0.15) is 18.1 Å². The van der Waals surface area contributed by atoms with E-state index in [1.807, 2.05) is 0 Å². The first-order valence-corrected chi connectivity index (χ1v) is 4.09. The smallest absolute Gasteiger partial charge is 0.218 e. The van der Waals surface area contributed by atoms with Gasteiger partial charge in [0.2, 0.25) is 5.24 Å². The number of aryl methyl sites for hydroxylation is 2. The summed E-state index contributed by atoms with van der Waals surface area (Å²) in [5.41, 5.74) is 2.66. The molecule has 1 aromatic rings. The maximum Gasteiger partial charge on any atom is 0.218 e. The first-order valence-electron chi connectivity index (χ1n) is 3.71. The Hall–Kier alpha value is -0.820. The summed E-state index contributed by atoms with van der Waals surface area (Å²) in [5.74, 6) is 0. The van der Waals surface area contributed by atoms with Crippen LogP contribution in [0.4, 0.5) is 0 Å². The molecule has 1 rings (SSSR count). The second-order valence-corrected chi connectivity index (χ2v) is 3.16. The van der Waals surface area contributed by atoms with E-state index in [4.69, 9.17) is 0 Å². The summed E-state index contributed by atoms with van der Waals surface area (Å²) >= 11 is 4.64. The average Bonchev–Trinajstić information content (AvgIpc) is 1.94. The number of carbonyl (C=O) groups excluding carboxylic acids is 1. The van der Waals surface area contributed by atoms with Crippen molar-refractivity contribution in [1.29, 1.82) is 0 Å². The normalized spacial score (nSPS) is 8.33. The van der Waals surface area contributed by atoms with E-state index in [0.717, 1.165) is 0 Å². The van der Waals surface area contributed by atoms with Crippen LogP contribution in [0.25, 0.3) is 0 Å². The van der Waals surface area contributed by atoms with E-state index in [2.05, 4.69) is 49.7 Å². The highest BCUT2D eigenvalue weighted by Gasteiger charge is 1.79. The summed E-state index contributed by atoms with van der Waals surface area (Å²) in [6.07, 6.45) is 0. The zero-order valence-corrected chi connectivity index (χ0v) is 8.35. The van der Waals surface area contributed by atoms with Crippen molar-refractivity contribution < 1.29 is 4.79 Å². The van der Waals surface area contributed by atoms with Crippen LogP contribution in [0.15, 0.2) is 24.3 Å². The molecule has 0 aliphatic carbocycles. The molecule has 0 bridgehead atoms. The molecule has 0 heterocycles. The van der Waals surface area contributed by atoms with Gasteiger partial charge in [0.25, 0.3) is 0 Å². The second kappa shape index (κ2) is 5.78. The van der Waals surface area contributed by atoms with Crippen molar-refractivity contribution in [3.05, 3.63) is 35.4 Å². The Bertz CT molecular complexity index is 214. The van der Waals surface area contributed by atoms with Crippen molar-refractivity contribution in [1.82, 2.24) is 0 Å². The van der Waals surface area contributed by atoms with Crippen molar-refractivity contribution in [3.8, 4) is 0 Å². The fraction of sp³-hybridized carbons (Fsp3) is 0.300. The largest absolute Gasteiger partial charge is 0.282 e. The Morgan fingerprint density at radius 2 is 1.25 bits per heavy atom. The van der Waals surface area contributed by atoms with Crippen LogP contribution in [0.2, 0.25) is 0 Å². The molecule has 0 unspecified atom stereocenters. The van der Waals surface area contributed by atoms with Crippen LogP contribution in [0.3, 0.4) is 0 Å². The maximum atomic E-state index is 9.21. The first-order chi connectivity index (χ1) is 5.52. The number of rotatable bonds is 0. The van der Waals surface area contributed by atoms with Crippen molar-refractivity contribution in [2.75, 3.05) is 0 Å². The van der Waals surface area contributed by atoms with Gasteiger partial charge in [-0.3, -0.25) is 4.79 Å². The summed E-state index contributed by atoms with van der Waals surface area (Å²) in [5, 5.41) is -0.361. The third-order valence-electron chi connectivity index (χ3n) is 1.22. The van der Waals surface area contributed by atoms with Gasteiger partial charge in [-0.25, -0.2) is 0 Å². The molecule has 0 spiro atoms. The second-order valence-electron chi connectivity index (χ2n) is 2.62. The Balaban J connectivity index is 0.000000261. The van der Waals surface area contributed by atoms with Crippen LogP contribution < -0.4 is 0 Å². The van der Waals surface area contributed by atoms with E-state index in [9.17, 15) is 4.79 Å². The van der Waals surface area contributed by atoms with E-state index >= 15 is 0 Å². The Morgan fingerprint density at radius 3 is 1.42 bits per heavy atom. The molecule has 0 aromatic heterocycles. The predicted octanol–water partition coefficient (Wildman–Crippen LogP) is 3.08. The Labute approximate surface area is 78.4 Å². The lowest BCUT2D eigenvalue weighted by Gasteiger charge is -1.90. The SMILES string of the molecule is CC(=O)Cl.Cc1ccc(C)cc1. The molecular formula is C10H13ClO. The molecule has 0 saturated carbocycles. The van der Waals surface area contributed by atoms with Gasteiger partial charge in [-0.1, -0.05) is 35.4 Å². The van der Waals surface area contributed by atoms with E-state index in [-0.39, 0.29) is 5.24 Å². The lowest BCUT2D eigenvalue weighted by Crippen LogP contribution is -1.70. The monoisotopic (exact) mass is 184 g/mol. The van der Waals surface area contributed by atoms with Gasteiger partial charge >= 0.3 is 0 Å². The zero-order valence-electron chi connectivity index (χ0n) is 7.60. The highest BCUT2D eigenvalue weighted by molar-refractivity contribution is 6.62. The van der Waals surface area contributed by atoms with Gasteiger partial charge in [-0.15, -0.1) is 0 Å². The molecule has 1 nitrogen and oxygen atoms in total. The maximum absolute atomic E-state index is 9.21. The molecule has 0 amide bonds. The molecule has 0 atom stereocenters. The van der Waals surface area contributed by atoms with Gasteiger partial charge in [0.15, 0.2) is 0 Å². The molecule has 0 saturated heterocycles. The molecule has 0 N–H and O–H groups in total. The van der Waals surface area contributed by atoms with Crippen molar-refractivity contribution in [2.45, 2.75) is 20.8 Å². The molecule has 12 heavy (non-hydrogen) atoms. The summed E-state index contributed by atoms with van der Waals surface area (Å²) in [4.78, 5) is 9.21. The summed E-state index contributed by atoms with van der Waals surface area (Å²) in [7, 11) is 0. The lowest BCUT2D eigenvalue weighted by atomic mass is 10.2. The minimum absolute atomic E-state index is 0.361. The third kappa shape index (κ3) is 7.29. The van der Waals surface area contributed by atoms with Gasteiger partial charge < -0.3 is 0 Å². The molecular weight excluding hydrogens is 172 g/mol. The summed E-state index contributed by atoms with van der Waals surface area (Å²) in [6, 6.07) is 8.48. The van der Waals surface area contributed by atoms with Crippen molar-refractivity contribution >= 4 is 16.8 Å². The fourth-order valence-corrected chi connectivity index (χ4v) is 0.637. The van der Waals surface area contributed by atoms with Crippen LogP contribution in [-0.2, 0) is 4.79 Å². The molecule has 0 fully saturated rings. The Kier molecular flexibility index (Phi) is 5.39. The first kappa shape index (κ1) is 11.2. The number of hydrogen-bond acceptors (Lipinski definition) is 1. The van der Waals surface area contributed by atoms with Crippen LogP contribution in [0, 0.1) is 13.8 Å². The fourth-order valence-electron chi connectivity index (χ4n) is 0.637. The predicted molar refractivity (Wildman–Crippen MR) is 52.5 cm³/mol. The number of halogens is 1. The average molecular weight is 185 g/mol. The van der Waals surface area contributed by atoms with Crippen LogP contribution >= 0.6 is 11.6 Å². The van der Waals surface area contributed by atoms with Gasteiger partial charge in [-0.2, -0.15) is 0 Å². The summed E-state index contributed by atoms with van der Waals surface area (Å²) < 4.78 is 0.